The molecule has 0 saturated carbocycles. The van der Waals surface area contributed by atoms with Crippen LogP contribution in [0.3, 0.4) is 0 Å². The van der Waals surface area contributed by atoms with Gasteiger partial charge in [0, 0.05) is 0 Å². The van der Waals surface area contributed by atoms with Gasteiger partial charge in [-0.05, 0) is 19.1 Å². The van der Waals surface area contributed by atoms with E-state index in [1.165, 1.54) is 13.2 Å². The summed E-state index contributed by atoms with van der Waals surface area (Å²) < 4.78 is 4.82. The largest absolute Gasteiger partial charge is 0.465 e. The van der Waals surface area contributed by atoms with E-state index in [4.69, 9.17) is 9.68 Å². The molecule has 3 heteroatoms. The zero-order chi connectivity index (χ0) is 7.61. The van der Waals surface area contributed by atoms with Gasteiger partial charge in [0.2, 0.25) is 5.60 Å². The molecule has 0 amide bonds. The van der Waals surface area contributed by atoms with Crippen LogP contribution in [0.2, 0.25) is 0 Å². The minimum atomic E-state index is -1.50. The highest BCUT2D eigenvalue weighted by atomic mass is 16.4. The second-order valence-electron chi connectivity index (χ2n) is 2.16. The van der Waals surface area contributed by atoms with Crippen molar-refractivity contribution >= 4 is 0 Å². The van der Waals surface area contributed by atoms with E-state index >= 15 is 0 Å². The Morgan fingerprint density at radius 2 is 2.50 bits per heavy atom. The average Bonchev–Trinajstić information content (AvgIpc) is 2.38. The van der Waals surface area contributed by atoms with E-state index in [0.29, 0.717) is 0 Å². The van der Waals surface area contributed by atoms with Crippen molar-refractivity contribution in [3.05, 3.63) is 24.2 Å². The van der Waals surface area contributed by atoms with E-state index in [-0.39, 0.29) is 5.76 Å². The van der Waals surface area contributed by atoms with Gasteiger partial charge in [0.15, 0.2) is 0 Å². The van der Waals surface area contributed by atoms with Crippen molar-refractivity contribution in [2.45, 2.75) is 12.5 Å². The molecule has 0 spiro atoms. The molecule has 0 saturated heterocycles. The summed E-state index contributed by atoms with van der Waals surface area (Å²) in [6.45, 7) is 1.38. The van der Waals surface area contributed by atoms with Crippen LogP contribution in [0.25, 0.3) is 0 Å². The van der Waals surface area contributed by atoms with Crippen molar-refractivity contribution in [3.8, 4) is 6.07 Å². The van der Waals surface area contributed by atoms with Crippen LogP contribution in [-0.2, 0) is 5.60 Å². The molecule has 0 fully saturated rings. The molecule has 0 aliphatic rings. The third-order valence-corrected chi connectivity index (χ3v) is 1.22. The monoisotopic (exact) mass is 137 g/mol. The van der Waals surface area contributed by atoms with E-state index < -0.39 is 5.60 Å². The quantitative estimate of drug-likeness (QED) is 0.587. The van der Waals surface area contributed by atoms with E-state index in [1.807, 2.05) is 0 Å². The molecule has 3 nitrogen and oxygen atoms in total. The van der Waals surface area contributed by atoms with Crippen LogP contribution in [0.15, 0.2) is 22.8 Å². The van der Waals surface area contributed by atoms with E-state index in [1.54, 1.807) is 18.2 Å². The molecular formula is C7H7NO2. The predicted molar refractivity (Wildman–Crippen MR) is 33.9 cm³/mol. The number of hydrogen-bond donors (Lipinski definition) is 1. The highest BCUT2D eigenvalue weighted by Crippen LogP contribution is 2.18. The molecule has 1 aromatic rings. The SMILES string of the molecule is CC(O)(C#N)c1ccco1. The highest BCUT2D eigenvalue weighted by Gasteiger charge is 2.24. The molecule has 1 aromatic heterocycles. The van der Waals surface area contributed by atoms with Gasteiger partial charge in [-0.3, -0.25) is 0 Å². The molecule has 0 radical (unpaired) electrons. The fourth-order valence-corrected chi connectivity index (χ4v) is 0.611. The van der Waals surface area contributed by atoms with Gasteiger partial charge in [0.05, 0.1) is 6.26 Å². The lowest BCUT2D eigenvalue weighted by molar-refractivity contribution is 0.0931. The Hall–Kier alpha value is -1.27. The molecule has 1 unspecified atom stereocenters. The number of nitrogens with zero attached hydrogens (tertiary/aromatic N) is 1. The summed E-state index contributed by atoms with van der Waals surface area (Å²) >= 11 is 0. The van der Waals surface area contributed by atoms with Crippen LogP contribution in [0.4, 0.5) is 0 Å². The Balaban J connectivity index is 2.99. The fourth-order valence-electron chi connectivity index (χ4n) is 0.611. The van der Waals surface area contributed by atoms with Crippen molar-refractivity contribution in [3.63, 3.8) is 0 Å². The number of furan rings is 1. The molecule has 1 rings (SSSR count). The molecule has 0 aliphatic heterocycles. The summed E-state index contributed by atoms with van der Waals surface area (Å²) in [5, 5.41) is 17.6. The molecular weight excluding hydrogens is 130 g/mol. The number of hydrogen-bond acceptors (Lipinski definition) is 3. The topological polar surface area (TPSA) is 57.2 Å². The summed E-state index contributed by atoms with van der Waals surface area (Å²) in [4.78, 5) is 0. The van der Waals surface area contributed by atoms with Crippen LogP contribution in [0.1, 0.15) is 12.7 Å². The summed E-state index contributed by atoms with van der Waals surface area (Å²) in [6.07, 6.45) is 1.42. The van der Waals surface area contributed by atoms with Gasteiger partial charge in [-0.15, -0.1) is 0 Å². The van der Waals surface area contributed by atoms with E-state index in [0.717, 1.165) is 0 Å². The van der Waals surface area contributed by atoms with Crippen LogP contribution in [0, 0.1) is 11.3 Å². The molecule has 1 heterocycles. The maximum absolute atomic E-state index is 9.23. The third kappa shape index (κ3) is 1.02. The highest BCUT2D eigenvalue weighted by molar-refractivity contribution is 5.16. The lowest BCUT2D eigenvalue weighted by Crippen LogP contribution is -2.16. The summed E-state index contributed by atoms with van der Waals surface area (Å²) in [5.41, 5.74) is -1.50. The molecule has 1 atom stereocenters. The Kier molecular flexibility index (Phi) is 1.48. The van der Waals surface area contributed by atoms with Gasteiger partial charge in [-0.2, -0.15) is 5.26 Å². The Morgan fingerprint density at radius 3 is 2.90 bits per heavy atom. The lowest BCUT2D eigenvalue weighted by Gasteiger charge is -2.08. The smallest absolute Gasteiger partial charge is 0.206 e. The first-order valence-electron chi connectivity index (χ1n) is 2.84. The normalized spacial score (nSPS) is 15.7. The summed E-state index contributed by atoms with van der Waals surface area (Å²) in [6, 6.07) is 4.89. The van der Waals surface area contributed by atoms with Gasteiger partial charge in [0.25, 0.3) is 0 Å². The maximum Gasteiger partial charge on any atom is 0.206 e. The predicted octanol–water partition coefficient (Wildman–Crippen LogP) is 1.01. The van der Waals surface area contributed by atoms with E-state index in [2.05, 4.69) is 0 Å². The standard InChI is InChI=1S/C7H7NO2/c1-7(9,5-8)6-3-2-4-10-6/h2-4,9H,1H3. The second-order valence-corrected chi connectivity index (χ2v) is 2.16. The lowest BCUT2D eigenvalue weighted by atomic mass is 10.1. The Bertz CT molecular complexity index is 243. The van der Waals surface area contributed by atoms with E-state index in [9.17, 15) is 5.11 Å². The van der Waals surface area contributed by atoms with Crippen molar-refractivity contribution in [2.24, 2.45) is 0 Å². The van der Waals surface area contributed by atoms with Gasteiger partial charge in [0.1, 0.15) is 11.8 Å². The Labute approximate surface area is 58.5 Å². The first-order valence-corrected chi connectivity index (χ1v) is 2.84. The van der Waals surface area contributed by atoms with Crippen LogP contribution >= 0.6 is 0 Å². The molecule has 10 heavy (non-hydrogen) atoms. The number of aliphatic hydroxyl groups is 1. The first-order chi connectivity index (χ1) is 4.67. The van der Waals surface area contributed by atoms with Crippen molar-refractivity contribution < 1.29 is 9.52 Å². The first kappa shape index (κ1) is 6.84. The van der Waals surface area contributed by atoms with Gasteiger partial charge < -0.3 is 9.52 Å². The maximum atomic E-state index is 9.23. The zero-order valence-corrected chi connectivity index (χ0v) is 5.53. The molecule has 0 bridgehead atoms. The average molecular weight is 137 g/mol. The summed E-state index contributed by atoms with van der Waals surface area (Å²) in [7, 11) is 0. The zero-order valence-electron chi connectivity index (χ0n) is 5.53. The Morgan fingerprint density at radius 1 is 1.80 bits per heavy atom. The minimum absolute atomic E-state index is 0.273. The van der Waals surface area contributed by atoms with Gasteiger partial charge >= 0.3 is 0 Å². The minimum Gasteiger partial charge on any atom is -0.465 e. The second kappa shape index (κ2) is 2.16. The number of nitriles is 1. The summed E-state index contributed by atoms with van der Waals surface area (Å²) in [5.74, 6) is 0.273. The molecule has 52 valence electrons. The van der Waals surface area contributed by atoms with Gasteiger partial charge in [-0.1, -0.05) is 0 Å². The van der Waals surface area contributed by atoms with Gasteiger partial charge in [-0.25, -0.2) is 0 Å². The molecule has 1 N–H and O–H groups in total. The van der Waals surface area contributed by atoms with Crippen LogP contribution in [0.5, 0.6) is 0 Å². The van der Waals surface area contributed by atoms with Crippen molar-refractivity contribution in [2.75, 3.05) is 0 Å². The van der Waals surface area contributed by atoms with Crippen LogP contribution in [-0.4, -0.2) is 5.11 Å². The molecule has 0 aliphatic carbocycles. The van der Waals surface area contributed by atoms with Crippen molar-refractivity contribution in [1.82, 2.24) is 0 Å². The van der Waals surface area contributed by atoms with Crippen LogP contribution < -0.4 is 0 Å². The number of rotatable bonds is 1. The third-order valence-electron chi connectivity index (χ3n) is 1.22. The fraction of sp³-hybridized carbons (Fsp3) is 0.286. The molecule has 0 aromatic carbocycles. The van der Waals surface area contributed by atoms with Crippen molar-refractivity contribution in [1.29, 1.82) is 5.26 Å².